The molecule has 0 N–H and O–H groups in total. The molecule has 1 saturated heterocycles. The molecule has 1 unspecified atom stereocenters. The van der Waals surface area contributed by atoms with Crippen LogP contribution in [0.15, 0.2) is 28.7 Å². The number of likely N-dealkylation sites (tertiary alicyclic amines) is 1. The first kappa shape index (κ1) is 19.2. The van der Waals surface area contributed by atoms with Crippen molar-refractivity contribution in [3.63, 3.8) is 0 Å². The van der Waals surface area contributed by atoms with Crippen molar-refractivity contribution >= 4 is 22.0 Å². The summed E-state index contributed by atoms with van der Waals surface area (Å²) in [6.07, 6.45) is 0.760. The quantitative estimate of drug-likeness (QED) is 0.651. The lowest BCUT2D eigenvalue weighted by Crippen LogP contribution is -2.40. The van der Waals surface area contributed by atoms with Crippen LogP contribution in [-0.4, -0.2) is 35.4 Å². The summed E-state index contributed by atoms with van der Waals surface area (Å²) in [5.41, 5.74) is 0.706. The second kappa shape index (κ2) is 7.85. The van der Waals surface area contributed by atoms with E-state index in [2.05, 4.69) is 35.0 Å². The van der Waals surface area contributed by atoms with E-state index in [4.69, 9.17) is 4.74 Å². The summed E-state index contributed by atoms with van der Waals surface area (Å²) >= 11 is 3.44. The van der Waals surface area contributed by atoms with Crippen LogP contribution in [0.2, 0.25) is 0 Å². The van der Waals surface area contributed by atoms with E-state index in [9.17, 15) is 9.18 Å². The van der Waals surface area contributed by atoms with Crippen LogP contribution in [0, 0.1) is 0 Å². The Balaban J connectivity index is 1.94. The maximum Gasteiger partial charge on any atom is 0.410 e. The molecule has 0 aliphatic carbocycles. The van der Waals surface area contributed by atoms with Crippen LogP contribution < -0.4 is 0 Å². The number of carbonyl (C=O) groups excluding carboxylic acids is 1. The topological polar surface area (TPSA) is 29.5 Å². The summed E-state index contributed by atoms with van der Waals surface area (Å²) in [4.78, 5) is 13.9. The van der Waals surface area contributed by atoms with Gasteiger partial charge in [0.15, 0.2) is 0 Å². The van der Waals surface area contributed by atoms with Gasteiger partial charge in [0, 0.05) is 16.9 Å². The Labute approximate surface area is 152 Å². The highest BCUT2D eigenvalue weighted by Crippen LogP contribution is 2.30. The SMILES string of the molecule is CC(CC[C@@H]1C[C@@H](F)CN1C(=O)OC(C)(C)C)c1ccc(Br)cc1. The lowest BCUT2D eigenvalue weighted by molar-refractivity contribution is 0.0210. The van der Waals surface area contributed by atoms with Crippen LogP contribution in [0.3, 0.4) is 0 Å². The molecule has 0 radical (unpaired) electrons. The first-order valence-corrected chi connectivity index (χ1v) is 9.34. The molecule has 3 atom stereocenters. The molecule has 1 aromatic carbocycles. The molecule has 1 aliphatic rings. The van der Waals surface area contributed by atoms with Crippen LogP contribution in [-0.2, 0) is 4.74 Å². The van der Waals surface area contributed by atoms with Gasteiger partial charge in [-0.3, -0.25) is 0 Å². The molecule has 1 fully saturated rings. The fourth-order valence-electron chi connectivity index (χ4n) is 3.08. The molecule has 0 aromatic heterocycles. The Morgan fingerprint density at radius 2 is 2.00 bits per heavy atom. The van der Waals surface area contributed by atoms with E-state index in [1.807, 2.05) is 32.9 Å². The third kappa shape index (κ3) is 5.47. The smallest absolute Gasteiger partial charge is 0.410 e. The lowest BCUT2D eigenvalue weighted by atomic mass is 9.93. The summed E-state index contributed by atoms with van der Waals surface area (Å²) in [5, 5.41) is 0. The van der Waals surface area contributed by atoms with Gasteiger partial charge in [0.2, 0.25) is 0 Å². The molecule has 5 heteroatoms. The predicted molar refractivity (Wildman–Crippen MR) is 98.0 cm³/mol. The number of hydrogen-bond acceptors (Lipinski definition) is 2. The van der Waals surface area contributed by atoms with Crippen molar-refractivity contribution in [3.05, 3.63) is 34.3 Å². The predicted octanol–water partition coefficient (Wildman–Crippen LogP) is 5.68. The first-order chi connectivity index (χ1) is 11.2. The van der Waals surface area contributed by atoms with Gasteiger partial charge in [-0.05, 0) is 57.2 Å². The zero-order valence-electron chi connectivity index (χ0n) is 14.9. The molecule has 1 aromatic rings. The average molecular weight is 400 g/mol. The molecule has 0 saturated carbocycles. The fourth-order valence-corrected chi connectivity index (χ4v) is 3.34. The van der Waals surface area contributed by atoms with Crippen molar-refractivity contribution in [3.8, 4) is 0 Å². The fraction of sp³-hybridized carbons (Fsp3) is 0.632. The molecular formula is C19H27BrFNO2. The van der Waals surface area contributed by atoms with E-state index in [0.717, 1.165) is 17.3 Å². The second-order valence-electron chi connectivity index (χ2n) is 7.65. The van der Waals surface area contributed by atoms with Gasteiger partial charge in [0.1, 0.15) is 11.8 Å². The minimum atomic E-state index is -0.953. The molecule has 0 spiro atoms. The molecule has 134 valence electrons. The van der Waals surface area contributed by atoms with E-state index in [-0.39, 0.29) is 12.6 Å². The minimum absolute atomic E-state index is 0.0762. The molecule has 2 rings (SSSR count). The van der Waals surface area contributed by atoms with E-state index in [1.54, 1.807) is 4.90 Å². The van der Waals surface area contributed by atoms with Crippen molar-refractivity contribution in [1.82, 2.24) is 4.90 Å². The van der Waals surface area contributed by atoms with E-state index >= 15 is 0 Å². The number of carbonyl (C=O) groups is 1. The number of nitrogens with zero attached hydrogens (tertiary/aromatic N) is 1. The molecule has 0 bridgehead atoms. The summed E-state index contributed by atoms with van der Waals surface area (Å²) in [7, 11) is 0. The van der Waals surface area contributed by atoms with Crippen LogP contribution in [0.1, 0.15) is 58.4 Å². The van der Waals surface area contributed by atoms with Gasteiger partial charge in [0.25, 0.3) is 0 Å². The maximum atomic E-state index is 13.9. The second-order valence-corrected chi connectivity index (χ2v) is 8.57. The van der Waals surface area contributed by atoms with Crippen molar-refractivity contribution in [1.29, 1.82) is 0 Å². The van der Waals surface area contributed by atoms with E-state index in [1.165, 1.54) is 5.56 Å². The molecule has 1 heterocycles. The Kier molecular flexibility index (Phi) is 6.29. The molecule has 1 aliphatic heterocycles. The average Bonchev–Trinajstić information content (AvgIpc) is 2.85. The van der Waals surface area contributed by atoms with Gasteiger partial charge < -0.3 is 9.64 Å². The largest absolute Gasteiger partial charge is 0.444 e. The van der Waals surface area contributed by atoms with Gasteiger partial charge in [-0.25, -0.2) is 9.18 Å². The highest BCUT2D eigenvalue weighted by Gasteiger charge is 2.37. The number of ether oxygens (including phenoxy) is 1. The summed E-state index contributed by atoms with van der Waals surface area (Å²) in [6.45, 7) is 7.81. The highest BCUT2D eigenvalue weighted by molar-refractivity contribution is 9.10. The number of hydrogen-bond donors (Lipinski definition) is 0. The number of benzene rings is 1. The van der Waals surface area contributed by atoms with Crippen LogP contribution in [0.4, 0.5) is 9.18 Å². The van der Waals surface area contributed by atoms with Crippen molar-refractivity contribution in [2.24, 2.45) is 0 Å². The molecule has 24 heavy (non-hydrogen) atoms. The van der Waals surface area contributed by atoms with Crippen molar-refractivity contribution in [2.75, 3.05) is 6.54 Å². The lowest BCUT2D eigenvalue weighted by Gasteiger charge is -2.29. The van der Waals surface area contributed by atoms with Gasteiger partial charge in [0.05, 0.1) is 6.54 Å². The summed E-state index contributed by atoms with van der Waals surface area (Å²) < 4.78 is 20.3. The van der Waals surface area contributed by atoms with Gasteiger partial charge in [-0.2, -0.15) is 0 Å². The Morgan fingerprint density at radius 3 is 2.58 bits per heavy atom. The van der Waals surface area contributed by atoms with E-state index < -0.39 is 17.9 Å². The number of amides is 1. The number of halogens is 2. The van der Waals surface area contributed by atoms with Crippen LogP contribution in [0.5, 0.6) is 0 Å². The molecular weight excluding hydrogens is 373 g/mol. The maximum absolute atomic E-state index is 13.9. The van der Waals surface area contributed by atoms with E-state index in [0.29, 0.717) is 12.3 Å². The van der Waals surface area contributed by atoms with Gasteiger partial charge in [-0.1, -0.05) is 35.0 Å². The number of alkyl halides is 1. The van der Waals surface area contributed by atoms with Crippen LogP contribution in [0.25, 0.3) is 0 Å². The standard InChI is InChI=1S/C19H27BrFNO2/c1-13(14-6-8-15(20)9-7-14)5-10-17-11-16(21)12-22(17)18(23)24-19(2,3)4/h6-9,13,16-17H,5,10-12H2,1-4H3/t13?,16-,17-/m1/s1. The van der Waals surface area contributed by atoms with Crippen molar-refractivity contribution < 1.29 is 13.9 Å². The Hall–Kier alpha value is -1.10. The molecule has 3 nitrogen and oxygen atoms in total. The Morgan fingerprint density at radius 1 is 1.38 bits per heavy atom. The third-order valence-corrected chi connectivity index (χ3v) is 4.89. The van der Waals surface area contributed by atoms with Crippen molar-refractivity contribution in [2.45, 2.75) is 70.7 Å². The zero-order chi connectivity index (χ0) is 17.9. The van der Waals surface area contributed by atoms with Crippen LogP contribution >= 0.6 is 15.9 Å². The number of rotatable bonds is 4. The first-order valence-electron chi connectivity index (χ1n) is 8.55. The summed E-state index contributed by atoms with van der Waals surface area (Å²) in [5.74, 6) is 0.372. The Bertz CT molecular complexity index is 555. The minimum Gasteiger partial charge on any atom is -0.444 e. The summed E-state index contributed by atoms with van der Waals surface area (Å²) in [6, 6.07) is 8.20. The van der Waals surface area contributed by atoms with Gasteiger partial charge >= 0.3 is 6.09 Å². The molecule has 1 amide bonds. The third-order valence-electron chi connectivity index (χ3n) is 4.36. The highest BCUT2D eigenvalue weighted by atomic mass is 79.9. The monoisotopic (exact) mass is 399 g/mol. The normalized spacial score (nSPS) is 22.5. The zero-order valence-corrected chi connectivity index (χ0v) is 16.5. The van der Waals surface area contributed by atoms with Gasteiger partial charge in [-0.15, -0.1) is 0 Å².